The molecular formula is C7H10N2O3S. The fourth-order valence-corrected chi connectivity index (χ4v) is 1.85. The van der Waals surface area contributed by atoms with Gasteiger partial charge < -0.3 is 5.11 Å². The molecule has 0 amide bonds. The molecule has 1 aromatic rings. The molecule has 0 aliphatic rings. The zero-order valence-electron chi connectivity index (χ0n) is 7.06. The summed E-state index contributed by atoms with van der Waals surface area (Å²) in [5, 5.41) is 8.99. The number of rotatable bonds is 3. The average molecular weight is 202 g/mol. The summed E-state index contributed by atoms with van der Waals surface area (Å²) in [6, 6.07) is 1.14. The average Bonchev–Trinajstić information content (AvgIpc) is 2.04. The molecule has 0 unspecified atom stereocenters. The van der Waals surface area contributed by atoms with E-state index >= 15 is 0 Å². The van der Waals surface area contributed by atoms with Gasteiger partial charge in [-0.2, -0.15) is 0 Å². The van der Waals surface area contributed by atoms with E-state index in [2.05, 4.69) is 9.71 Å². The van der Waals surface area contributed by atoms with E-state index in [0.717, 1.165) is 6.07 Å². The Kier molecular flexibility index (Phi) is 2.84. The molecule has 5 nitrogen and oxygen atoms in total. The number of nitrogens with zero attached hydrogens (tertiary/aromatic N) is 1. The van der Waals surface area contributed by atoms with Crippen LogP contribution in [0.1, 0.15) is 6.92 Å². The highest BCUT2D eigenvalue weighted by Gasteiger charge is 2.12. The third kappa shape index (κ3) is 2.40. The molecule has 6 heteroatoms. The van der Waals surface area contributed by atoms with Gasteiger partial charge >= 0.3 is 0 Å². The second-order valence-corrected chi connectivity index (χ2v) is 4.15. The second kappa shape index (κ2) is 3.71. The fourth-order valence-electron chi connectivity index (χ4n) is 0.828. The minimum atomic E-state index is -3.51. The topological polar surface area (TPSA) is 79.3 Å². The van der Waals surface area contributed by atoms with Gasteiger partial charge in [-0.15, -0.1) is 0 Å². The van der Waals surface area contributed by atoms with E-state index in [1.807, 2.05) is 0 Å². The number of nitrogens with one attached hydrogen (secondary N) is 1. The van der Waals surface area contributed by atoms with Crippen molar-refractivity contribution in [3.63, 3.8) is 0 Å². The number of hydrogen-bond donors (Lipinski definition) is 2. The Labute approximate surface area is 76.5 Å². The third-order valence-electron chi connectivity index (χ3n) is 1.34. The summed E-state index contributed by atoms with van der Waals surface area (Å²) < 4.78 is 24.9. The summed E-state index contributed by atoms with van der Waals surface area (Å²) in [5.41, 5.74) is 0. The van der Waals surface area contributed by atoms with Crippen LogP contribution in [0.3, 0.4) is 0 Å². The maximum Gasteiger partial charge on any atom is 0.242 e. The molecule has 1 heterocycles. The number of sulfonamides is 1. The lowest BCUT2D eigenvalue weighted by molar-refractivity contribution is 0.470. The summed E-state index contributed by atoms with van der Waals surface area (Å²) in [4.78, 5) is 3.53. The number of aromatic hydroxyl groups is 1. The molecule has 0 atom stereocenters. The van der Waals surface area contributed by atoms with Gasteiger partial charge in [0.05, 0.1) is 6.20 Å². The summed E-state index contributed by atoms with van der Waals surface area (Å²) >= 11 is 0. The van der Waals surface area contributed by atoms with Crippen molar-refractivity contribution < 1.29 is 13.5 Å². The molecule has 72 valence electrons. The van der Waals surface area contributed by atoms with Crippen molar-refractivity contribution in [2.75, 3.05) is 6.54 Å². The molecular weight excluding hydrogens is 192 g/mol. The highest BCUT2D eigenvalue weighted by atomic mass is 32.2. The first-order chi connectivity index (χ1) is 6.06. The Morgan fingerprint density at radius 1 is 1.54 bits per heavy atom. The molecule has 0 fully saturated rings. The SMILES string of the molecule is CCNS(=O)(=O)c1cncc(O)c1. The van der Waals surface area contributed by atoms with E-state index in [4.69, 9.17) is 5.11 Å². The van der Waals surface area contributed by atoms with Crippen LogP contribution in [0, 0.1) is 0 Å². The molecule has 0 aliphatic heterocycles. The monoisotopic (exact) mass is 202 g/mol. The standard InChI is InChI=1S/C7H10N2O3S/c1-2-9-13(11,12)7-3-6(10)4-8-5-7/h3-5,9-10H,2H2,1H3. The number of hydrogen-bond acceptors (Lipinski definition) is 4. The first kappa shape index (κ1) is 9.94. The van der Waals surface area contributed by atoms with Gasteiger partial charge in [0, 0.05) is 18.8 Å². The number of aromatic nitrogens is 1. The van der Waals surface area contributed by atoms with E-state index in [0.29, 0.717) is 6.54 Å². The van der Waals surface area contributed by atoms with Gasteiger partial charge in [0.1, 0.15) is 10.6 Å². The Hall–Kier alpha value is -1.14. The minimum Gasteiger partial charge on any atom is -0.506 e. The van der Waals surface area contributed by atoms with Crippen LogP contribution in [0.25, 0.3) is 0 Å². The van der Waals surface area contributed by atoms with Gasteiger partial charge in [-0.05, 0) is 0 Å². The summed E-state index contributed by atoms with van der Waals surface area (Å²) in [7, 11) is -3.51. The lowest BCUT2D eigenvalue weighted by Gasteiger charge is -2.03. The first-order valence-electron chi connectivity index (χ1n) is 3.70. The van der Waals surface area contributed by atoms with Gasteiger partial charge in [0.15, 0.2) is 0 Å². The molecule has 0 saturated heterocycles. The molecule has 1 rings (SSSR count). The van der Waals surface area contributed by atoms with Crippen LogP contribution < -0.4 is 4.72 Å². The van der Waals surface area contributed by atoms with Gasteiger partial charge in [-0.1, -0.05) is 6.92 Å². The predicted octanol–water partition coefficient (Wildman–Crippen LogP) is 0.0854. The third-order valence-corrected chi connectivity index (χ3v) is 2.86. The zero-order chi connectivity index (χ0) is 9.90. The predicted molar refractivity (Wildman–Crippen MR) is 46.8 cm³/mol. The van der Waals surface area contributed by atoms with Crippen LogP contribution in [0.15, 0.2) is 23.4 Å². The van der Waals surface area contributed by atoms with E-state index in [-0.39, 0.29) is 10.6 Å². The normalized spacial score (nSPS) is 11.5. The molecule has 0 aromatic carbocycles. The van der Waals surface area contributed by atoms with Crippen LogP contribution in [0.4, 0.5) is 0 Å². The summed E-state index contributed by atoms with van der Waals surface area (Å²) in [5.74, 6) is -0.168. The van der Waals surface area contributed by atoms with Crippen LogP contribution in [0.5, 0.6) is 5.75 Å². The van der Waals surface area contributed by atoms with E-state index in [1.54, 1.807) is 6.92 Å². The lowest BCUT2D eigenvalue weighted by atomic mass is 10.5. The van der Waals surface area contributed by atoms with Gasteiger partial charge in [-0.3, -0.25) is 4.98 Å². The lowest BCUT2D eigenvalue weighted by Crippen LogP contribution is -2.23. The summed E-state index contributed by atoms with van der Waals surface area (Å²) in [6.07, 6.45) is 2.35. The highest BCUT2D eigenvalue weighted by Crippen LogP contribution is 2.12. The maximum absolute atomic E-state index is 11.3. The molecule has 0 bridgehead atoms. The molecule has 0 aliphatic carbocycles. The van der Waals surface area contributed by atoms with Gasteiger partial charge in [0.25, 0.3) is 0 Å². The quantitative estimate of drug-likeness (QED) is 0.727. The smallest absolute Gasteiger partial charge is 0.242 e. The van der Waals surface area contributed by atoms with Crippen LogP contribution in [-0.2, 0) is 10.0 Å². The van der Waals surface area contributed by atoms with Gasteiger partial charge in [-0.25, -0.2) is 13.1 Å². The second-order valence-electron chi connectivity index (χ2n) is 2.38. The highest BCUT2D eigenvalue weighted by molar-refractivity contribution is 7.89. The molecule has 0 spiro atoms. The molecule has 1 aromatic heterocycles. The van der Waals surface area contributed by atoms with Crippen LogP contribution >= 0.6 is 0 Å². The number of pyridine rings is 1. The molecule has 0 radical (unpaired) electrons. The molecule has 13 heavy (non-hydrogen) atoms. The van der Waals surface area contributed by atoms with Crippen LogP contribution in [-0.4, -0.2) is 25.1 Å². The Balaban J connectivity index is 3.08. The van der Waals surface area contributed by atoms with Crippen molar-refractivity contribution in [1.82, 2.24) is 9.71 Å². The fraction of sp³-hybridized carbons (Fsp3) is 0.286. The Morgan fingerprint density at radius 2 is 2.23 bits per heavy atom. The largest absolute Gasteiger partial charge is 0.506 e. The zero-order valence-corrected chi connectivity index (χ0v) is 7.87. The minimum absolute atomic E-state index is 0.0330. The van der Waals surface area contributed by atoms with Gasteiger partial charge in [0.2, 0.25) is 10.0 Å². The van der Waals surface area contributed by atoms with E-state index in [9.17, 15) is 8.42 Å². The molecule has 0 saturated carbocycles. The Bertz CT molecular complexity index is 388. The first-order valence-corrected chi connectivity index (χ1v) is 5.18. The maximum atomic E-state index is 11.3. The van der Waals surface area contributed by atoms with Crippen molar-refractivity contribution in [2.24, 2.45) is 0 Å². The van der Waals surface area contributed by atoms with Crippen molar-refractivity contribution in [1.29, 1.82) is 0 Å². The van der Waals surface area contributed by atoms with E-state index in [1.165, 1.54) is 12.4 Å². The molecule has 2 N–H and O–H groups in total. The van der Waals surface area contributed by atoms with Crippen molar-refractivity contribution in [3.8, 4) is 5.75 Å². The van der Waals surface area contributed by atoms with Crippen molar-refractivity contribution in [2.45, 2.75) is 11.8 Å². The van der Waals surface area contributed by atoms with Crippen molar-refractivity contribution in [3.05, 3.63) is 18.5 Å². The summed E-state index contributed by atoms with van der Waals surface area (Å²) in [6.45, 7) is 1.98. The van der Waals surface area contributed by atoms with Crippen molar-refractivity contribution >= 4 is 10.0 Å². The Morgan fingerprint density at radius 3 is 2.77 bits per heavy atom. The van der Waals surface area contributed by atoms with Crippen LogP contribution in [0.2, 0.25) is 0 Å². The van der Waals surface area contributed by atoms with E-state index < -0.39 is 10.0 Å².